The van der Waals surface area contributed by atoms with Crippen LogP contribution in [0.4, 0.5) is 0 Å². The lowest BCUT2D eigenvalue weighted by Gasteiger charge is -2.14. The summed E-state index contributed by atoms with van der Waals surface area (Å²) in [5, 5.41) is 0. The zero-order chi connectivity index (χ0) is 18.4. The molecule has 4 nitrogen and oxygen atoms in total. The highest BCUT2D eigenvalue weighted by Crippen LogP contribution is 2.52. The number of carbonyl (C=O) groups excluding carboxylic acids is 1. The molecule has 0 saturated carbocycles. The molecule has 3 rings (SSSR count). The van der Waals surface area contributed by atoms with Gasteiger partial charge >= 0.3 is 5.97 Å². The SMILES string of the molecule is CCCCCCOC(=O)C1OC1(c1ccccc1)c1ccc(OC)cc1. The average molecular weight is 354 g/mol. The monoisotopic (exact) mass is 354 g/mol. The van der Waals surface area contributed by atoms with Gasteiger partial charge in [0.05, 0.1) is 13.7 Å². The molecule has 0 aromatic heterocycles. The fourth-order valence-corrected chi connectivity index (χ4v) is 3.27. The van der Waals surface area contributed by atoms with Crippen LogP contribution in [0.15, 0.2) is 54.6 Å². The van der Waals surface area contributed by atoms with Gasteiger partial charge in [0.25, 0.3) is 0 Å². The maximum atomic E-state index is 12.6. The van der Waals surface area contributed by atoms with E-state index in [2.05, 4.69) is 6.92 Å². The third-order valence-corrected chi connectivity index (χ3v) is 4.79. The maximum Gasteiger partial charge on any atom is 0.339 e. The van der Waals surface area contributed by atoms with Crippen LogP contribution in [0.25, 0.3) is 0 Å². The zero-order valence-corrected chi connectivity index (χ0v) is 15.4. The molecule has 1 heterocycles. The van der Waals surface area contributed by atoms with Crippen molar-refractivity contribution in [3.8, 4) is 5.75 Å². The Kier molecular flexibility index (Phi) is 5.94. The molecule has 138 valence electrons. The van der Waals surface area contributed by atoms with Crippen LogP contribution in [0.5, 0.6) is 5.75 Å². The van der Waals surface area contributed by atoms with E-state index in [4.69, 9.17) is 14.2 Å². The lowest BCUT2D eigenvalue weighted by Crippen LogP contribution is -2.23. The number of esters is 1. The van der Waals surface area contributed by atoms with Gasteiger partial charge in [-0.2, -0.15) is 0 Å². The minimum absolute atomic E-state index is 0.291. The second-order valence-corrected chi connectivity index (χ2v) is 6.56. The average Bonchev–Trinajstić information content (AvgIpc) is 3.45. The van der Waals surface area contributed by atoms with Crippen molar-refractivity contribution in [3.05, 3.63) is 65.7 Å². The highest BCUT2D eigenvalue weighted by Gasteiger charge is 2.64. The summed E-state index contributed by atoms with van der Waals surface area (Å²) in [5.74, 6) is 0.480. The van der Waals surface area contributed by atoms with E-state index in [0.29, 0.717) is 6.61 Å². The van der Waals surface area contributed by atoms with Crippen molar-refractivity contribution in [2.75, 3.05) is 13.7 Å². The van der Waals surface area contributed by atoms with Crippen LogP contribution in [-0.4, -0.2) is 25.8 Å². The molecular weight excluding hydrogens is 328 g/mol. The molecule has 1 aliphatic heterocycles. The van der Waals surface area contributed by atoms with Crippen molar-refractivity contribution in [3.63, 3.8) is 0 Å². The van der Waals surface area contributed by atoms with E-state index in [1.165, 1.54) is 0 Å². The van der Waals surface area contributed by atoms with E-state index < -0.39 is 11.7 Å². The Balaban J connectivity index is 1.75. The molecule has 0 N–H and O–H groups in total. The van der Waals surface area contributed by atoms with Crippen molar-refractivity contribution in [2.45, 2.75) is 44.3 Å². The van der Waals surface area contributed by atoms with Crippen molar-refractivity contribution >= 4 is 5.97 Å². The number of ether oxygens (including phenoxy) is 3. The fraction of sp³-hybridized carbons (Fsp3) is 0.409. The third kappa shape index (κ3) is 3.75. The summed E-state index contributed by atoms with van der Waals surface area (Å²) in [7, 11) is 1.63. The second-order valence-electron chi connectivity index (χ2n) is 6.56. The number of carbonyl (C=O) groups is 1. The second kappa shape index (κ2) is 8.37. The number of methoxy groups -OCH3 is 1. The van der Waals surface area contributed by atoms with E-state index in [9.17, 15) is 4.79 Å². The summed E-state index contributed by atoms with van der Waals surface area (Å²) >= 11 is 0. The lowest BCUT2D eigenvalue weighted by molar-refractivity contribution is -0.145. The van der Waals surface area contributed by atoms with Gasteiger partial charge in [0.1, 0.15) is 5.75 Å². The lowest BCUT2D eigenvalue weighted by atomic mass is 9.88. The topological polar surface area (TPSA) is 48.1 Å². The number of unbranched alkanes of at least 4 members (excludes halogenated alkanes) is 3. The normalized spacial score (nSPS) is 21.2. The number of epoxide rings is 1. The standard InChI is InChI=1S/C22H26O4/c1-3-4-5-9-16-25-21(23)20-22(26-20,17-10-7-6-8-11-17)18-12-14-19(24-2)15-13-18/h6-8,10-15,20H,3-5,9,16H2,1-2H3. The predicted molar refractivity (Wildman–Crippen MR) is 100 cm³/mol. The molecule has 26 heavy (non-hydrogen) atoms. The molecular formula is C22H26O4. The van der Waals surface area contributed by atoms with Crippen molar-refractivity contribution in [1.82, 2.24) is 0 Å². The minimum atomic E-state index is -0.770. The number of hydrogen-bond acceptors (Lipinski definition) is 4. The summed E-state index contributed by atoms with van der Waals surface area (Å²) in [6.45, 7) is 2.61. The van der Waals surface area contributed by atoms with Crippen molar-refractivity contribution < 1.29 is 19.0 Å². The predicted octanol–water partition coefficient (Wildman–Crippen LogP) is 4.46. The molecule has 0 radical (unpaired) electrons. The molecule has 2 aromatic rings. The minimum Gasteiger partial charge on any atom is -0.497 e. The van der Waals surface area contributed by atoms with Crippen LogP contribution in [0, 0.1) is 0 Å². The van der Waals surface area contributed by atoms with E-state index in [1.54, 1.807) is 7.11 Å². The largest absolute Gasteiger partial charge is 0.497 e. The van der Waals surface area contributed by atoms with Crippen LogP contribution >= 0.6 is 0 Å². The quantitative estimate of drug-likeness (QED) is 0.379. The van der Waals surface area contributed by atoms with Crippen molar-refractivity contribution in [2.24, 2.45) is 0 Å². The van der Waals surface area contributed by atoms with E-state index >= 15 is 0 Å². The fourth-order valence-electron chi connectivity index (χ4n) is 3.27. The Morgan fingerprint density at radius 2 is 1.69 bits per heavy atom. The molecule has 2 unspecified atom stereocenters. The molecule has 0 amide bonds. The third-order valence-electron chi connectivity index (χ3n) is 4.79. The molecule has 0 spiro atoms. The summed E-state index contributed by atoms with van der Waals surface area (Å²) < 4.78 is 16.7. The molecule has 1 aliphatic rings. The smallest absolute Gasteiger partial charge is 0.339 e. The Hall–Kier alpha value is -2.33. The van der Waals surface area contributed by atoms with Gasteiger partial charge in [0.2, 0.25) is 0 Å². The van der Waals surface area contributed by atoms with Gasteiger partial charge in [-0.05, 0) is 29.7 Å². The highest BCUT2D eigenvalue weighted by atomic mass is 16.7. The number of hydrogen-bond donors (Lipinski definition) is 0. The van der Waals surface area contributed by atoms with Gasteiger partial charge in [-0.15, -0.1) is 0 Å². The van der Waals surface area contributed by atoms with Gasteiger partial charge in [0, 0.05) is 0 Å². The van der Waals surface area contributed by atoms with Gasteiger partial charge in [0.15, 0.2) is 11.7 Å². The zero-order valence-electron chi connectivity index (χ0n) is 15.4. The van der Waals surface area contributed by atoms with Gasteiger partial charge in [-0.3, -0.25) is 0 Å². The van der Waals surface area contributed by atoms with Gasteiger partial charge in [-0.1, -0.05) is 68.7 Å². The van der Waals surface area contributed by atoms with Crippen LogP contribution < -0.4 is 4.74 Å². The Bertz CT molecular complexity index is 711. The van der Waals surface area contributed by atoms with E-state index in [-0.39, 0.29) is 5.97 Å². The number of rotatable bonds is 9. The molecule has 2 atom stereocenters. The number of benzene rings is 2. The Labute approximate surface area is 155 Å². The summed E-state index contributed by atoms with van der Waals surface area (Å²) in [4.78, 5) is 12.6. The Morgan fingerprint density at radius 3 is 2.35 bits per heavy atom. The van der Waals surface area contributed by atoms with Crippen molar-refractivity contribution in [1.29, 1.82) is 0 Å². The van der Waals surface area contributed by atoms with Crippen LogP contribution in [0.3, 0.4) is 0 Å². The molecule has 1 saturated heterocycles. The first-order chi connectivity index (χ1) is 12.7. The first kappa shape index (κ1) is 18.5. The summed E-state index contributed by atoms with van der Waals surface area (Å²) in [6.07, 6.45) is 3.69. The van der Waals surface area contributed by atoms with Crippen LogP contribution in [-0.2, 0) is 19.9 Å². The molecule has 4 heteroatoms. The van der Waals surface area contributed by atoms with E-state index in [1.807, 2.05) is 54.6 Å². The molecule has 0 aliphatic carbocycles. The Morgan fingerprint density at radius 1 is 1.00 bits per heavy atom. The maximum absolute atomic E-state index is 12.6. The summed E-state index contributed by atoms with van der Waals surface area (Å²) in [5.41, 5.74) is 1.11. The molecule has 2 aromatic carbocycles. The summed E-state index contributed by atoms with van der Waals surface area (Å²) in [6, 6.07) is 17.5. The molecule has 1 fully saturated rings. The van der Waals surface area contributed by atoms with Crippen LogP contribution in [0.2, 0.25) is 0 Å². The van der Waals surface area contributed by atoms with Gasteiger partial charge < -0.3 is 14.2 Å². The first-order valence-electron chi connectivity index (χ1n) is 9.27. The van der Waals surface area contributed by atoms with E-state index in [0.717, 1.165) is 42.6 Å². The van der Waals surface area contributed by atoms with Crippen LogP contribution in [0.1, 0.15) is 43.7 Å². The molecule has 0 bridgehead atoms. The highest BCUT2D eigenvalue weighted by molar-refractivity contribution is 5.81. The van der Waals surface area contributed by atoms with Gasteiger partial charge in [-0.25, -0.2) is 4.79 Å². The first-order valence-corrected chi connectivity index (χ1v) is 9.27.